The fourth-order valence-corrected chi connectivity index (χ4v) is 1.16. The van der Waals surface area contributed by atoms with Gasteiger partial charge >= 0.3 is 0 Å². The lowest BCUT2D eigenvalue weighted by Crippen LogP contribution is -2.05. The maximum absolute atomic E-state index is 5.62. The summed E-state index contributed by atoms with van der Waals surface area (Å²) in [6.07, 6.45) is 0. The standard InChI is InChI=1S/C7H14N4/c1-4-11-6(5(2)3)7(8)9-10-11/h5H,4,8H2,1-3H3. The van der Waals surface area contributed by atoms with Gasteiger partial charge in [-0.2, -0.15) is 0 Å². The maximum atomic E-state index is 5.62. The first kappa shape index (κ1) is 8.04. The van der Waals surface area contributed by atoms with Crippen molar-refractivity contribution in [3.05, 3.63) is 5.69 Å². The summed E-state index contributed by atoms with van der Waals surface area (Å²) < 4.78 is 1.83. The van der Waals surface area contributed by atoms with Gasteiger partial charge in [0.25, 0.3) is 0 Å². The number of aromatic nitrogens is 3. The second-order valence-corrected chi connectivity index (χ2v) is 2.83. The summed E-state index contributed by atoms with van der Waals surface area (Å²) in [5.41, 5.74) is 6.66. The van der Waals surface area contributed by atoms with Gasteiger partial charge in [-0.15, -0.1) is 5.10 Å². The van der Waals surface area contributed by atoms with Gasteiger partial charge in [-0.05, 0) is 12.8 Å². The van der Waals surface area contributed by atoms with Crippen LogP contribution in [-0.2, 0) is 6.54 Å². The largest absolute Gasteiger partial charge is 0.381 e. The van der Waals surface area contributed by atoms with E-state index in [-0.39, 0.29) is 0 Å². The Morgan fingerprint density at radius 2 is 2.18 bits per heavy atom. The molecule has 0 aliphatic rings. The van der Waals surface area contributed by atoms with Crippen molar-refractivity contribution < 1.29 is 0 Å². The molecule has 0 fully saturated rings. The predicted molar refractivity (Wildman–Crippen MR) is 44.2 cm³/mol. The Morgan fingerprint density at radius 3 is 2.55 bits per heavy atom. The molecule has 4 heteroatoms. The van der Waals surface area contributed by atoms with E-state index in [9.17, 15) is 0 Å². The summed E-state index contributed by atoms with van der Waals surface area (Å²) in [6, 6.07) is 0. The molecule has 1 aromatic rings. The van der Waals surface area contributed by atoms with Gasteiger partial charge in [0.15, 0.2) is 5.82 Å². The monoisotopic (exact) mass is 154 g/mol. The highest BCUT2D eigenvalue weighted by atomic mass is 15.4. The minimum absolute atomic E-state index is 0.393. The number of nitrogens with zero attached hydrogens (tertiary/aromatic N) is 3. The first-order chi connectivity index (χ1) is 5.16. The minimum Gasteiger partial charge on any atom is -0.381 e. The van der Waals surface area contributed by atoms with Gasteiger partial charge in [-0.1, -0.05) is 19.1 Å². The SMILES string of the molecule is CCn1nnc(N)c1C(C)C. The van der Waals surface area contributed by atoms with Crippen LogP contribution in [0.3, 0.4) is 0 Å². The molecule has 0 bridgehead atoms. The third kappa shape index (κ3) is 1.34. The van der Waals surface area contributed by atoms with Crippen molar-refractivity contribution in [2.24, 2.45) is 0 Å². The Labute approximate surface area is 66.4 Å². The van der Waals surface area contributed by atoms with E-state index in [1.165, 1.54) is 0 Å². The molecule has 0 aliphatic carbocycles. The maximum Gasteiger partial charge on any atom is 0.169 e. The van der Waals surface area contributed by atoms with Crippen LogP contribution in [0.2, 0.25) is 0 Å². The normalized spacial score (nSPS) is 10.9. The Morgan fingerprint density at radius 1 is 1.55 bits per heavy atom. The number of hydrogen-bond donors (Lipinski definition) is 1. The molecule has 0 aliphatic heterocycles. The fourth-order valence-electron chi connectivity index (χ4n) is 1.16. The van der Waals surface area contributed by atoms with Gasteiger partial charge in [0, 0.05) is 6.54 Å². The van der Waals surface area contributed by atoms with Crippen molar-refractivity contribution in [2.45, 2.75) is 33.2 Å². The average molecular weight is 154 g/mol. The number of nitrogens with two attached hydrogens (primary N) is 1. The summed E-state index contributed by atoms with van der Waals surface area (Å²) >= 11 is 0. The lowest BCUT2D eigenvalue weighted by Gasteiger charge is -2.06. The highest BCUT2D eigenvalue weighted by Gasteiger charge is 2.11. The van der Waals surface area contributed by atoms with Crippen molar-refractivity contribution in [1.82, 2.24) is 15.0 Å². The van der Waals surface area contributed by atoms with E-state index in [2.05, 4.69) is 24.2 Å². The van der Waals surface area contributed by atoms with E-state index in [1.54, 1.807) is 0 Å². The van der Waals surface area contributed by atoms with E-state index < -0.39 is 0 Å². The first-order valence-electron chi connectivity index (χ1n) is 3.85. The summed E-state index contributed by atoms with van der Waals surface area (Å²) in [5.74, 6) is 0.951. The third-order valence-electron chi connectivity index (χ3n) is 1.65. The minimum atomic E-state index is 0.393. The van der Waals surface area contributed by atoms with Crippen LogP contribution in [0.4, 0.5) is 5.82 Å². The Bertz CT molecular complexity index is 239. The highest BCUT2D eigenvalue weighted by molar-refractivity contribution is 5.34. The molecule has 0 aromatic carbocycles. The van der Waals surface area contributed by atoms with Crippen LogP contribution >= 0.6 is 0 Å². The molecule has 2 N–H and O–H groups in total. The molecule has 1 aromatic heterocycles. The third-order valence-corrected chi connectivity index (χ3v) is 1.65. The second kappa shape index (κ2) is 2.90. The van der Waals surface area contributed by atoms with Gasteiger partial charge in [0.1, 0.15) is 0 Å². The molecule has 0 saturated carbocycles. The lowest BCUT2D eigenvalue weighted by atomic mass is 10.1. The molecule has 0 saturated heterocycles. The van der Waals surface area contributed by atoms with Crippen molar-refractivity contribution in [3.63, 3.8) is 0 Å². The Hall–Kier alpha value is -1.06. The molecule has 0 spiro atoms. The smallest absolute Gasteiger partial charge is 0.169 e. The molecular formula is C7H14N4. The van der Waals surface area contributed by atoms with Gasteiger partial charge in [0.2, 0.25) is 0 Å². The lowest BCUT2D eigenvalue weighted by molar-refractivity contribution is 0.579. The molecule has 0 atom stereocenters. The highest BCUT2D eigenvalue weighted by Crippen LogP contribution is 2.18. The summed E-state index contributed by atoms with van der Waals surface area (Å²) in [6.45, 7) is 7.03. The van der Waals surface area contributed by atoms with Crippen LogP contribution in [0, 0.1) is 0 Å². The number of hydrogen-bond acceptors (Lipinski definition) is 3. The number of nitrogen functional groups attached to an aromatic ring is 1. The molecule has 0 amide bonds. The van der Waals surface area contributed by atoms with Gasteiger partial charge in [-0.3, -0.25) is 0 Å². The van der Waals surface area contributed by atoms with Gasteiger partial charge < -0.3 is 5.73 Å². The molecule has 1 heterocycles. The van der Waals surface area contributed by atoms with Gasteiger partial charge in [-0.25, -0.2) is 4.68 Å². The number of rotatable bonds is 2. The molecule has 0 unspecified atom stereocenters. The van der Waals surface area contributed by atoms with Crippen LogP contribution in [0.1, 0.15) is 32.4 Å². The number of anilines is 1. The van der Waals surface area contributed by atoms with Crippen molar-refractivity contribution in [3.8, 4) is 0 Å². The van der Waals surface area contributed by atoms with Crippen LogP contribution in [0.5, 0.6) is 0 Å². The summed E-state index contributed by atoms with van der Waals surface area (Å²) in [7, 11) is 0. The van der Waals surface area contributed by atoms with Crippen LogP contribution < -0.4 is 5.73 Å². The van der Waals surface area contributed by atoms with E-state index >= 15 is 0 Å². The summed E-state index contributed by atoms with van der Waals surface area (Å²) in [5, 5.41) is 7.70. The molecule has 11 heavy (non-hydrogen) atoms. The number of aryl methyl sites for hydroxylation is 1. The van der Waals surface area contributed by atoms with E-state index in [1.807, 2.05) is 11.6 Å². The zero-order valence-corrected chi connectivity index (χ0v) is 7.20. The second-order valence-electron chi connectivity index (χ2n) is 2.83. The van der Waals surface area contributed by atoms with Crippen LogP contribution in [0.25, 0.3) is 0 Å². The van der Waals surface area contributed by atoms with Gasteiger partial charge in [0.05, 0.1) is 5.69 Å². The van der Waals surface area contributed by atoms with E-state index in [4.69, 9.17) is 5.73 Å². The zero-order chi connectivity index (χ0) is 8.43. The van der Waals surface area contributed by atoms with Crippen LogP contribution in [0.15, 0.2) is 0 Å². The van der Waals surface area contributed by atoms with Crippen molar-refractivity contribution in [1.29, 1.82) is 0 Å². The fraction of sp³-hybridized carbons (Fsp3) is 0.714. The Balaban J connectivity index is 3.07. The van der Waals surface area contributed by atoms with E-state index in [0.29, 0.717) is 11.7 Å². The summed E-state index contributed by atoms with van der Waals surface area (Å²) in [4.78, 5) is 0. The van der Waals surface area contributed by atoms with E-state index in [0.717, 1.165) is 12.2 Å². The average Bonchev–Trinajstić information content (AvgIpc) is 2.30. The van der Waals surface area contributed by atoms with Crippen molar-refractivity contribution >= 4 is 5.82 Å². The molecular weight excluding hydrogens is 140 g/mol. The molecule has 1 rings (SSSR count). The topological polar surface area (TPSA) is 56.7 Å². The molecule has 62 valence electrons. The Kier molecular flexibility index (Phi) is 2.12. The quantitative estimate of drug-likeness (QED) is 0.691. The zero-order valence-electron chi connectivity index (χ0n) is 7.20. The first-order valence-corrected chi connectivity index (χ1v) is 3.85. The molecule has 4 nitrogen and oxygen atoms in total. The molecule has 0 radical (unpaired) electrons. The van der Waals surface area contributed by atoms with Crippen molar-refractivity contribution in [2.75, 3.05) is 5.73 Å². The predicted octanol–water partition coefficient (Wildman–Crippen LogP) is 1.00. The van der Waals surface area contributed by atoms with Crippen LogP contribution in [-0.4, -0.2) is 15.0 Å².